The minimum Gasteiger partial charge on any atom is -0.423 e. The molecule has 0 aliphatic rings. The molecule has 0 fully saturated rings. The van der Waals surface area contributed by atoms with Gasteiger partial charge in [-0.1, -0.05) is 22.0 Å². The van der Waals surface area contributed by atoms with E-state index in [9.17, 15) is 10.0 Å². The van der Waals surface area contributed by atoms with Crippen LogP contribution in [0.25, 0.3) is 10.1 Å². The van der Waals surface area contributed by atoms with Crippen molar-refractivity contribution in [3.8, 4) is 0 Å². The van der Waals surface area contributed by atoms with Crippen LogP contribution in [0.15, 0.2) is 22.7 Å². The number of fused-ring (bicyclic) bond motifs is 1. The van der Waals surface area contributed by atoms with Gasteiger partial charge in [-0.3, -0.25) is 0 Å². The van der Waals surface area contributed by atoms with Gasteiger partial charge in [-0.2, -0.15) is 0 Å². The van der Waals surface area contributed by atoms with Crippen LogP contribution in [0.2, 0.25) is 0 Å². The summed E-state index contributed by atoms with van der Waals surface area (Å²) in [7, 11) is -1.53. The van der Waals surface area contributed by atoms with Crippen LogP contribution in [-0.2, 0) is 0 Å². The highest BCUT2D eigenvalue weighted by atomic mass is 79.9. The SMILES string of the molecule is Nc1sc2cccc(Br)c2c1B(O)O. The van der Waals surface area contributed by atoms with Crippen LogP contribution in [0, 0.1) is 0 Å². The third-order valence-electron chi connectivity index (χ3n) is 1.99. The van der Waals surface area contributed by atoms with E-state index in [0.29, 0.717) is 10.5 Å². The molecule has 4 N–H and O–H groups in total. The summed E-state index contributed by atoms with van der Waals surface area (Å²) in [5.74, 6) is 0. The molecule has 0 saturated carbocycles. The van der Waals surface area contributed by atoms with Crippen molar-refractivity contribution in [3.05, 3.63) is 22.7 Å². The average Bonchev–Trinajstić information content (AvgIpc) is 2.42. The van der Waals surface area contributed by atoms with Gasteiger partial charge in [0, 0.05) is 20.0 Å². The van der Waals surface area contributed by atoms with Crippen molar-refractivity contribution in [3.63, 3.8) is 0 Å². The summed E-state index contributed by atoms with van der Waals surface area (Å²) in [5.41, 5.74) is 6.09. The highest BCUT2D eigenvalue weighted by Gasteiger charge is 2.22. The second-order valence-corrected chi connectivity index (χ2v) is 4.80. The standard InChI is InChI=1S/C8H7BBrNO2S/c10-4-2-1-3-5-6(4)7(9(12)13)8(11)14-5/h1-3,12-13H,11H2. The summed E-state index contributed by atoms with van der Waals surface area (Å²) in [6.07, 6.45) is 0. The first-order chi connectivity index (χ1) is 6.61. The molecule has 0 unspecified atom stereocenters. The molecule has 72 valence electrons. The summed E-state index contributed by atoms with van der Waals surface area (Å²) in [5, 5.41) is 19.6. The van der Waals surface area contributed by atoms with Crippen molar-refractivity contribution in [2.24, 2.45) is 0 Å². The molecule has 14 heavy (non-hydrogen) atoms. The fourth-order valence-corrected chi connectivity index (χ4v) is 3.14. The van der Waals surface area contributed by atoms with E-state index in [1.807, 2.05) is 18.2 Å². The number of nitrogens with two attached hydrogens (primary N) is 1. The summed E-state index contributed by atoms with van der Waals surface area (Å²) < 4.78 is 1.77. The number of nitrogen functional groups attached to an aromatic ring is 1. The van der Waals surface area contributed by atoms with Crippen molar-refractivity contribution in [1.82, 2.24) is 0 Å². The topological polar surface area (TPSA) is 66.5 Å². The molecule has 1 aromatic heterocycles. The Hall–Kier alpha value is -0.555. The molecule has 2 aromatic rings. The molecule has 0 saturated heterocycles. The molecule has 0 aliphatic carbocycles. The highest BCUT2D eigenvalue weighted by molar-refractivity contribution is 9.10. The van der Waals surface area contributed by atoms with Crippen molar-refractivity contribution in [1.29, 1.82) is 0 Å². The Bertz CT molecular complexity index is 485. The smallest absolute Gasteiger partial charge is 0.423 e. The Morgan fingerprint density at radius 3 is 2.71 bits per heavy atom. The second-order valence-electron chi connectivity index (χ2n) is 2.87. The molecule has 1 aromatic carbocycles. The monoisotopic (exact) mass is 271 g/mol. The Labute approximate surface area is 93.4 Å². The quantitative estimate of drug-likeness (QED) is 0.676. The maximum Gasteiger partial charge on any atom is 0.492 e. The van der Waals surface area contributed by atoms with Crippen molar-refractivity contribution in [2.45, 2.75) is 0 Å². The Morgan fingerprint density at radius 2 is 2.07 bits per heavy atom. The van der Waals surface area contributed by atoms with E-state index in [1.165, 1.54) is 11.3 Å². The summed E-state index contributed by atoms with van der Waals surface area (Å²) in [6, 6.07) is 5.63. The van der Waals surface area contributed by atoms with E-state index >= 15 is 0 Å². The minimum atomic E-state index is -1.53. The predicted octanol–water partition coefficient (Wildman–Crippen LogP) is 0.926. The maximum atomic E-state index is 9.18. The first-order valence-corrected chi connectivity index (χ1v) is 5.54. The van der Waals surface area contributed by atoms with E-state index in [0.717, 1.165) is 14.6 Å². The zero-order chi connectivity index (χ0) is 10.3. The molecule has 0 aliphatic heterocycles. The molecule has 0 spiro atoms. The zero-order valence-electron chi connectivity index (χ0n) is 7.07. The van der Waals surface area contributed by atoms with Gasteiger partial charge in [0.15, 0.2) is 0 Å². The first kappa shape index (κ1) is 9.98. The molecule has 0 bridgehead atoms. The van der Waals surface area contributed by atoms with Gasteiger partial charge in [-0.15, -0.1) is 11.3 Å². The lowest BCUT2D eigenvalue weighted by Crippen LogP contribution is -2.31. The average molecular weight is 272 g/mol. The van der Waals surface area contributed by atoms with Gasteiger partial charge in [0.1, 0.15) is 0 Å². The fraction of sp³-hybridized carbons (Fsp3) is 0. The van der Waals surface area contributed by atoms with Crippen molar-refractivity contribution >= 4 is 54.9 Å². The van der Waals surface area contributed by atoms with Crippen LogP contribution in [-0.4, -0.2) is 17.2 Å². The lowest BCUT2D eigenvalue weighted by molar-refractivity contribution is 0.426. The van der Waals surface area contributed by atoms with Crippen LogP contribution in [0.3, 0.4) is 0 Å². The Morgan fingerprint density at radius 1 is 1.36 bits per heavy atom. The third kappa shape index (κ3) is 1.44. The van der Waals surface area contributed by atoms with Crippen molar-refractivity contribution < 1.29 is 10.0 Å². The Kier molecular flexibility index (Phi) is 2.53. The molecule has 0 radical (unpaired) electrons. The van der Waals surface area contributed by atoms with Gasteiger partial charge in [0.05, 0.1) is 5.00 Å². The maximum absolute atomic E-state index is 9.18. The van der Waals surface area contributed by atoms with E-state index in [1.54, 1.807) is 0 Å². The van der Waals surface area contributed by atoms with E-state index < -0.39 is 7.12 Å². The number of rotatable bonds is 1. The highest BCUT2D eigenvalue weighted by Crippen LogP contribution is 2.30. The van der Waals surface area contributed by atoms with Crippen LogP contribution in [0.1, 0.15) is 0 Å². The Balaban J connectivity index is 2.86. The van der Waals surface area contributed by atoms with Crippen molar-refractivity contribution in [2.75, 3.05) is 5.73 Å². The largest absolute Gasteiger partial charge is 0.492 e. The van der Waals surface area contributed by atoms with Crippen LogP contribution >= 0.6 is 27.3 Å². The summed E-state index contributed by atoms with van der Waals surface area (Å²) >= 11 is 4.71. The number of halogens is 1. The number of anilines is 1. The minimum absolute atomic E-state index is 0.387. The lowest BCUT2D eigenvalue weighted by Gasteiger charge is -2.00. The third-order valence-corrected chi connectivity index (χ3v) is 3.65. The number of benzene rings is 1. The van der Waals surface area contributed by atoms with Crippen LogP contribution in [0.5, 0.6) is 0 Å². The van der Waals surface area contributed by atoms with Gasteiger partial charge in [0.25, 0.3) is 0 Å². The first-order valence-electron chi connectivity index (χ1n) is 3.93. The molecule has 0 amide bonds. The number of hydrogen-bond donors (Lipinski definition) is 3. The molecular weight excluding hydrogens is 265 g/mol. The number of thiophene rings is 1. The number of hydrogen-bond acceptors (Lipinski definition) is 4. The molecule has 2 rings (SSSR count). The molecule has 6 heteroatoms. The van der Waals surface area contributed by atoms with Gasteiger partial charge in [-0.05, 0) is 12.1 Å². The summed E-state index contributed by atoms with van der Waals surface area (Å²) in [6.45, 7) is 0. The predicted molar refractivity (Wildman–Crippen MR) is 63.8 cm³/mol. The second kappa shape index (κ2) is 3.54. The zero-order valence-corrected chi connectivity index (χ0v) is 9.47. The normalized spacial score (nSPS) is 10.8. The van der Waals surface area contributed by atoms with Gasteiger partial charge in [0.2, 0.25) is 0 Å². The summed E-state index contributed by atoms with van der Waals surface area (Å²) in [4.78, 5) is 0. The molecule has 3 nitrogen and oxygen atoms in total. The van der Waals surface area contributed by atoms with E-state index in [2.05, 4.69) is 15.9 Å². The fourth-order valence-electron chi connectivity index (χ4n) is 1.40. The van der Waals surface area contributed by atoms with Gasteiger partial charge < -0.3 is 15.8 Å². The molecule has 1 heterocycles. The van der Waals surface area contributed by atoms with Crippen LogP contribution in [0.4, 0.5) is 5.00 Å². The molecular formula is C8H7BBrNO2S. The van der Waals surface area contributed by atoms with Crippen LogP contribution < -0.4 is 11.2 Å². The molecule has 0 atom stereocenters. The van der Waals surface area contributed by atoms with E-state index in [4.69, 9.17) is 5.73 Å². The van der Waals surface area contributed by atoms with Gasteiger partial charge >= 0.3 is 7.12 Å². The van der Waals surface area contributed by atoms with Gasteiger partial charge in [-0.25, -0.2) is 0 Å². The lowest BCUT2D eigenvalue weighted by atomic mass is 9.79. The van der Waals surface area contributed by atoms with E-state index in [-0.39, 0.29) is 0 Å².